The van der Waals surface area contributed by atoms with E-state index in [0.29, 0.717) is 6.54 Å². The Balaban J connectivity index is 2.26. The number of nitrogens with one attached hydrogen (secondary N) is 1. The third-order valence-corrected chi connectivity index (χ3v) is 3.31. The van der Waals surface area contributed by atoms with Gasteiger partial charge >= 0.3 is 0 Å². The molecule has 1 fully saturated rings. The third kappa shape index (κ3) is 1.65. The Kier molecular flexibility index (Phi) is 2.76. The SMILES string of the molecule is CCNC(=O)C1(c2ccccc2)CCC1. The van der Waals surface area contributed by atoms with Crippen molar-refractivity contribution >= 4 is 5.91 Å². The van der Waals surface area contributed by atoms with Crippen LogP contribution in [0.3, 0.4) is 0 Å². The Hall–Kier alpha value is -1.31. The van der Waals surface area contributed by atoms with Gasteiger partial charge in [0.05, 0.1) is 5.41 Å². The summed E-state index contributed by atoms with van der Waals surface area (Å²) >= 11 is 0. The minimum Gasteiger partial charge on any atom is -0.356 e. The predicted molar refractivity (Wildman–Crippen MR) is 60.7 cm³/mol. The Bertz CT molecular complexity index is 341. The summed E-state index contributed by atoms with van der Waals surface area (Å²) in [6.45, 7) is 2.68. The predicted octanol–water partition coefficient (Wildman–Crippen LogP) is 2.24. The average molecular weight is 203 g/mol. The van der Waals surface area contributed by atoms with E-state index in [1.807, 2.05) is 25.1 Å². The van der Waals surface area contributed by atoms with Crippen LogP contribution < -0.4 is 5.32 Å². The lowest BCUT2D eigenvalue weighted by Gasteiger charge is -2.40. The van der Waals surface area contributed by atoms with Crippen molar-refractivity contribution < 1.29 is 4.79 Å². The summed E-state index contributed by atoms with van der Waals surface area (Å²) in [4.78, 5) is 12.0. The number of carbonyl (C=O) groups excluding carboxylic acids is 1. The first-order chi connectivity index (χ1) is 7.29. The molecule has 1 saturated carbocycles. The Morgan fingerprint density at radius 1 is 1.33 bits per heavy atom. The molecule has 1 aliphatic rings. The highest BCUT2D eigenvalue weighted by Gasteiger charge is 2.45. The maximum absolute atomic E-state index is 12.0. The quantitative estimate of drug-likeness (QED) is 0.802. The van der Waals surface area contributed by atoms with Crippen molar-refractivity contribution in [2.75, 3.05) is 6.54 Å². The van der Waals surface area contributed by atoms with Crippen LogP contribution in [0.5, 0.6) is 0 Å². The van der Waals surface area contributed by atoms with Gasteiger partial charge in [0.2, 0.25) is 5.91 Å². The minimum atomic E-state index is -0.225. The van der Waals surface area contributed by atoms with Gasteiger partial charge < -0.3 is 5.32 Å². The van der Waals surface area contributed by atoms with Crippen molar-refractivity contribution in [1.29, 1.82) is 0 Å². The first-order valence-corrected chi connectivity index (χ1v) is 5.63. The van der Waals surface area contributed by atoms with E-state index in [-0.39, 0.29) is 11.3 Å². The summed E-state index contributed by atoms with van der Waals surface area (Å²) in [5, 5.41) is 2.95. The molecule has 0 aromatic heterocycles. The van der Waals surface area contributed by atoms with E-state index in [1.54, 1.807) is 0 Å². The molecule has 2 rings (SSSR count). The molecular formula is C13H17NO. The highest BCUT2D eigenvalue weighted by Crippen LogP contribution is 2.43. The van der Waals surface area contributed by atoms with Crippen LogP contribution in [-0.2, 0) is 10.2 Å². The fourth-order valence-corrected chi connectivity index (χ4v) is 2.26. The van der Waals surface area contributed by atoms with E-state index in [9.17, 15) is 4.79 Å². The van der Waals surface area contributed by atoms with Gasteiger partial charge in [-0.25, -0.2) is 0 Å². The molecule has 1 aliphatic carbocycles. The highest BCUT2D eigenvalue weighted by molar-refractivity contribution is 5.89. The maximum atomic E-state index is 12.0. The van der Waals surface area contributed by atoms with Gasteiger partial charge in [-0.3, -0.25) is 4.79 Å². The van der Waals surface area contributed by atoms with Crippen LogP contribution >= 0.6 is 0 Å². The van der Waals surface area contributed by atoms with E-state index < -0.39 is 0 Å². The lowest BCUT2D eigenvalue weighted by atomic mass is 9.64. The number of benzene rings is 1. The van der Waals surface area contributed by atoms with E-state index >= 15 is 0 Å². The summed E-state index contributed by atoms with van der Waals surface area (Å²) < 4.78 is 0. The van der Waals surface area contributed by atoms with Gasteiger partial charge in [0.15, 0.2) is 0 Å². The largest absolute Gasteiger partial charge is 0.356 e. The fraction of sp³-hybridized carbons (Fsp3) is 0.462. The Labute approximate surface area is 90.7 Å². The first kappa shape index (κ1) is 10.2. The maximum Gasteiger partial charge on any atom is 0.230 e. The van der Waals surface area contributed by atoms with Gasteiger partial charge in [-0.2, -0.15) is 0 Å². The first-order valence-electron chi connectivity index (χ1n) is 5.63. The lowest BCUT2D eigenvalue weighted by molar-refractivity contribution is -0.129. The summed E-state index contributed by atoms with van der Waals surface area (Å²) in [5.74, 6) is 0.197. The second-order valence-electron chi connectivity index (χ2n) is 4.16. The molecular weight excluding hydrogens is 186 g/mol. The summed E-state index contributed by atoms with van der Waals surface area (Å²) in [6.07, 6.45) is 3.14. The van der Waals surface area contributed by atoms with Gasteiger partial charge in [-0.1, -0.05) is 36.8 Å². The van der Waals surface area contributed by atoms with Gasteiger partial charge in [-0.05, 0) is 25.3 Å². The highest BCUT2D eigenvalue weighted by atomic mass is 16.2. The van der Waals surface area contributed by atoms with Crippen LogP contribution in [0, 0.1) is 0 Å². The molecule has 2 nitrogen and oxygen atoms in total. The van der Waals surface area contributed by atoms with Crippen LogP contribution in [-0.4, -0.2) is 12.5 Å². The number of hydrogen-bond acceptors (Lipinski definition) is 1. The van der Waals surface area contributed by atoms with Crippen molar-refractivity contribution in [2.24, 2.45) is 0 Å². The average Bonchev–Trinajstić information content (AvgIpc) is 2.18. The molecule has 0 radical (unpaired) electrons. The molecule has 2 heteroatoms. The molecule has 0 unspecified atom stereocenters. The normalized spacial score (nSPS) is 17.9. The second kappa shape index (κ2) is 4.05. The fourth-order valence-electron chi connectivity index (χ4n) is 2.26. The number of likely N-dealkylation sites (N-methyl/N-ethyl adjacent to an activating group) is 1. The molecule has 1 N–H and O–H groups in total. The van der Waals surface area contributed by atoms with Gasteiger partial charge in [0.1, 0.15) is 0 Å². The van der Waals surface area contributed by atoms with E-state index in [2.05, 4.69) is 17.4 Å². The minimum absolute atomic E-state index is 0.197. The standard InChI is InChI=1S/C13H17NO/c1-2-14-12(15)13(9-6-10-13)11-7-4-3-5-8-11/h3-5,7-8H,2,6,9-10H2,1H3,(H,14,15). The lowest BCUT2D eigenvalue weighted by Crippen LogP contribution is -2.49. The molecule has 1 amide bonds. The molecule has 0 aliphatic heterocycles. The van der Waals surface area contributed by atoms with Crippen molar-refractivity contribution in [2.45, 2.75) is 31.6 Å². The van der Waals surface area contributed by atoms with E-state index in [0.717, 1.165) is 19.3 Å². The van der Waals surface area contributed by atoms with Gasteiger partial charge in [0, 0.05) is 6.54 Å². The van der Waals surface area contributed by atoms with Gasteiger partial charge in [-0.15, -0.1) is 0 Å². The van der Waals surface area contributed by atoms with Crippen molar-refractivity contribution in [3.05, 3.63) is 35.9 Å². The molecule has 0 atom stereocenters. The number of rotatable bonds is 3. The van der Waals surface area contributed by atoms with E-state index in [4.69, 9.17) is 0 Å². The molecule has 1 aromatic rings. The van der Waals surface area contributed by atoms with Crippen LogP contribution in [0.25, 0.3) is 0 Å². The Morgan fingerprint density at radius 3 is 2.47 bits per heavy atom. The van der Waals surface area contributed by atoms with Crippen molar-refractivity contribution in [3.63, 3.8) is 0 Å². The zero-order valence-electron chi connectivity index (χ0n) is 9.12. The smallest absolute Gasteiger partial charge is 0.230 e. The number of hydrogen-bond donors (Lipinski definition) is 1. The van der Waals surface area contributed by atoms with Crippen LogP contribution in [0.15, 0.2) is 30.3 Å². The zero-order chi connectivity index (χ0) is 10.7. The number of carbonyl (C=O) groups is 1. The summed E-state index contributed by atoms with van der Waals surface area (Å²) in [6, 6.07) is 10.1. The molecule has 80 valence electrons. The van der Waals surface area contributed by atoms with Crippen molar-refractivity contribution in [3.8, 4) is 0 Å². The van der Waals surface area contributed by atoms with Crippen LogP contribution in [0.4, 0.5) is 0 Å². The molecule has 0 heterocycles. The second-order valence-corrected chi connectivity index (χ2v) is 4.16. The topological polar surface area (TPSA) is 29.1 Å². The third-order valence-electron chi connectivity index (χ3n) is 3.31. The summed E-state index contributed by atoms with van der Waals surface area (Å²) in [7, 11) is 0. The van der Waals surface area contributed by atoms with Crippen molar-refractivity contribution in [1.82, 2.24) is 5.32 Å². The van der Waals surface area contributed by atoms with E-state index in [1.165, 1.54) is 5.56 Å². The monoisotopic (exact) mass is 203 g/mol. The molecule has 15 heavy (non-hydrogen) atoms. The van der Waals surface area contributed by atoms with Gasteiger partial charge in [0.25, 0.3) is 0 Å². The molecule has 0 spiro atoms. The van der Waals surface area contributed by atoms with Crippen LogP contribution in [0.2, 0.25) is 0 Å². The molecule has 1 aromatic carbocycles. The summed E-state index contributed by atoms with van der Waals surface area (Å²) in [5.41, 5.74) is 0.944. The zero-order valence-corrected chi connectivity index (χ0v) is 9.12. The molecule has 0 bridgehead atoms. The Morgan fingerprint density at radius 2 is 2.00 bits per heavy atom. The number of amides is 1. The van der Waals surface area contributed by atoms with Crippen LogP contribution in [0.1, 0.15) is 31.7 Å². The molecule has 0 saturated heterocycles.